The van der Waals surface area contributed by atoms with Crippen LogP contribution in [0.1, 0.15) is 13.8 Å². The first kappa shape index (κ1) is 7.54. The molecule has 58 valence electrons. The molecule has 0 aromatic heterocycles. The number of cyclic esters (lactones) is 1. The van der Waals surface area contributed by atoms with Crippen LogP contribution in [0.3, 0.4) is 0 Å². The number of esters is 1. The molecular formula is C7H13NO2. The maximum Gasteiger partial charge on any atom is 0.320 e. The Bertz CT molecular complexity index is 154. The number of likely N-dealkylation sites (N-methyl/N-ethyl adjacent to an activating group) is 1. The Hall–Kier alpha value is -0.570. The van der Waals surface area contributed by atoms with Gasteiger partial charge in [-0.3, -0.25) is 9.69 Å². The SMILES string of the molecule is CN1CC(=O)OCC1(C)C. The number of rotatable bonds is 0. The summed E-state index contributed by atoms with van der Waals surface area (Å²) in [6.07, 6.45) is 0. The summed E-state index contributed by atoms with van der Waals surface area (Å²) in [6, 6.07) is 0. The molecule has 1 rings (SSSR count). The van der Waals surface area contributed by atoms with Gasteiger partial charge in [0.1, 0.15) is 6.61 Å². The van der Waals surface area contributed by atoms with E-state index < -0.39 is 0 Å². The van der Waals surface area contributed by atoms with Crippen molar-refractivity contribution in [2.45, 2.75) is 19.4 Å². The van der Waals surface area contributed by atoms with Crippen LogP contribution in [0.2, 0.25) is 0 Å². The maximum absolute atomic E-state index is 10.7. The van der Waals surface area contributed by atoms with Gasteiger partial charge in [0.25, 0.3) is 0 Å². The molecule has 1 heterocycles. The van der Waals surface area contributed by atoms with Crippen LogP contribution in [0.15, 0.2) is 0 Å². The molecule has 1 fully saturated rings. The highest BCUT2D eigenvalue weighted by Crippen LogP contribution is 2.16. The van der Waals surface area contributed by atoms with Gasteiger partial charge in [0.15, 0.2) is 0 Å². The summed E-state index contributed by atoms with van der Waals surface area (Å²) in [4.78, 5) is 12.7. The van der Waals surface area contributed by atoms with Gasteiger partial charge in [0, 0.05) is 5.54 Å². The molecule has 0 radical (unpaired) electrons. The average molecular weight is 143 g/mol. The molecular weight excluding hydrogens is 130 g/mol. The van der Waals surface area contributed by atoms with Crippen molar-refractivity contribution in [3.63, 3.8) is 0 Å². The smallest absolute Gasteiger partial charge is 0.320 e. The lowest BCUT2D eigenvalue weighted by atomic mass is 10.0. The molecule has 1 saturated heterocycles. The second-order valence-corrected chi connectivity index (χ2v) is 3.33. The lowest BCUT2D eigenvalue weighted by molar-refractivity contribution is -0.158. The zero-order chi connectivity index (χ0) is 7.78. The highest BCUT2D eigenvalue weighted by Gasteiger charge is 2.31. The highest BCUT2D eigenvalue weighted by atomic mass is 16.5. The van der Waals surface area contributed by atoms with Gasteiger partial charge in [-0.2, -0.15) is 0 Å². The number of ether oxygens (including phenoxy) is 1. The van der Waals surface area contributed by atoms with Gasteiger partial charge in [-0.25, -0.2) is 0 Å². The van der Waals surface area contributed by atoms with E-state index in [9.17, 15) is 4.79 Å². The molecule has 1 aliphatic rings. The van der Waals surface area contributed by atoms with E-state index in [0.29, 0.717) is 13.2 Å². The third-order valence-corrected chi connectivity index (χ3v) is 1.99. The van der Waals surface area contributed by atoms with Gasteiger partial charge < -0.3 is 4.74 Å². The van der Waals surface area contributed by atoms with Crippen molar-refractivity contribution in [1.82, 2.24) is 4.90 Å². The van der Waals surface area contributed by atoms with Crippen molar-refractivity contribution in [2.75, 3.05) is 20.2 Å². The number of hydrogen-bond acceptors (Lipinski definition) is 3. The molecule has 0 aliphatic carbocycles. The number of carbonyl (C=O) groups is 1. The second-order valence-electron chi connectivity index (χ2n) is 3.33. The Kier molecular flexibility index (Phi) is 1.68. The van der Waals surface area contributed by atoms with Crippen molar-refractivity contribution >= 4 is 5.97 Å². The number of morpholine rings is 1. The Labute approximate surface area is 61.0 Å². The molecule has 10 heavy (non-hydrogen) atoms. The summed E-state index contributed by atoms with van der Waals surface area (Å²) in [5, 5.41) is 0. The Morgan fingerprint density at radius 1 is 1.60 bits per heavy atom. The van der Waals surface area contributed by atoms with Crippen LogP contribution in [0.25, 0.3) is 0 Å². The van der Waals surface area contributed by atoms with Gasteiger partial charge in [-0.05, 0) is 20.9 Å². The second kappa shape index (κ2) is 2.23. The van der Waals surface area contributed by atoms with Crippen molar-refractivity contribution in [3.8, 4) is 0 Å². The third kappa shape index (κ3) is 1.29. The molecule has 3 heteroatoms. The monoisotopic (exact) mass is 143 g/mol. The van der Waals surface area contributed by atoms with Gasteiger partial charge >= 0.3 is 5.97 Å². The standard InChI is InChI=1S/C7H13NO2/c1-7(2)5-10-6(9)4-8(7)3/h4-5H2,1-3H3. The minimum atomic E-state index is -0.123. The average Bonchev–Trinajstić information content (AvgIpc) is 1.81. The van der Waals surface area contributed by atoms with Gasteiger partial charge in [0.2, 0.25) is 0 Å². The third-order valence-electron chi connectivity index (χ3n) is 1.99. The molecule has 0 unspecified atom stereocenters. The number of nitrogens with zero attached hydrogens (tertiary/aromatic N) is 1. The lowest BCUT2D eigenvalue weighted by Crippen LogP contribution is -2.52. The Morgan fingerprint density at radius 3 is 2.60 bits per heavy atom. The number of carbonyl (C=O) groups excluding carboxylic acids is 1. The summed E-state index contributed by atoms with van der Waals surface area (Å²) in [7, 11) is 1.93. The first-order chi connectivity index (χ1) is 4.52. The summed E-state index contributed by atoms with van der Waals surface area (Å²) < 4.78 is 4.88. The molecule has 0 aromatic rings. The van der Waals surface area contributed by atoms with Crippen LogP contribution in [0.4, 0.5) is 0 Å². The predicted octanol–water partition coefficient (Wildman–Crippen LogP) is 0.254. The topological polar surface area (TPSA) is 29.5 Å². The van der Waals surface area contributed by atoms with E-state index in [0.717, 1.165) is 0 Å². The van der Waals surface area contributed by atoms with Crippen LogP contribution in [0.5, 0.6) is 0 Å². The van der Waals surface area contributed by atoms with Crippen molar-refractivity contribution in [3.05, 3.63) is 0 Å². The fourth-order valence-corrected chi connectivity index (χ4v) is 0.821. The van der Waals surface area contributed by atoms with Crippen LogP contribution in [-0.4, -0.2) is 36.6 Å². The first-order valence-corrected chi connectivity index (χ1v) is 3.39. The zero-order valence-electron chi connectivity index (χ0n) is 6.68. The van der Waals surface area contributed by atoms with E-state index in [-0.39, 0.29) is 11.5 Å². The van der Waals surface area contributed by atoms with Crippen LogP contribution >= 0.6 is 0 Å². The summed E-state index contributed by atoms with van der Waals surface area (Å²) in [5.41, 5.74) is 0.00785. The summed E-state index contributed by atoms with van der Waals surface area (Å²) >= 11 is 0. The van der Waals surface area contributed by atoms with E-state index in [1.165, 1.54) is 0 Å². The predicted molar refractivity (Wildman–Crippen MR) is 37.7 cm³/mol. The fourth-order valence-electron chi connectivity index (χ4n) is 0.821. The molecule has 3 nitrogen and oxygen atoms in total. The van der Waals surface area contributed by atoms with Gasteiger partial charge in [0.05, 0.1) is 6.54 Å². The molecule has 1 aliphatic heterocycles. The van der Waals surface area contributed by atoms with Crippen LogP contribution < -0.4 is 0 Å². The van der Waals surface area contributed by atoms with E-state index in [1.807, 2.05) is 11.9 Å². The van der Waals surface area contributed by atoms with Crippen LogP contribution in [0, 0.1) is 0 Å². The fraction of sp³-hybridized carbons (Fsp3) is 0.857. The molecule has 0 N–H and O–H groups in total. The maximum atomic E-state index is 10.7. The summed E-state index contributed by atoms with van der Waals surface area (Å²) in [5.74, 6) is -0.123. The van der Waals surface area contributed by atoms with E-state index in [1.54, 1.807) is 0 Å². The molecule has 0 atom stereocenters. The van der Waals surface area contributed by atoms with E-state index >= 15 is 0 Å². The highest BCUT2D eigenvalue weighted by molar-refractivity contribution is 5.72. The van der Waals surface area contributed by atoms with Gasteiger partial charge in [-0.1, -0.05) is 0 Å². The molecule has 0 amide bonds. The van der Waals surface area contributed by atoms with Crippen molar-refractivity contribution in [1.29, 1.82) is 0 Å². The van der Waals surface area contributed by atoms with Gasteiger partial charge in [-0.15, -0.1) is 0 Å². The minimum absolute atomic E-state index is 0.00785. The van der Waals surface area contributed by atoms with Crippen molar-refractivity contribution < 1.29 is 9.53 Å². The Morgan fingerprint density at radius 2 is 2.20 bits per heavy atom. The molecule has 0 bridgehead atoms. The lowest BCUT2D eigenvalue weighted by Gasteiger charge is -2.38. The largest absolute Gasteiger partial charge is 0.463 e. The zero-order valence-corrected chi connectivity index (χ0v) is 6.68. The normalized spacial score (nSPS) is 26.1. The quantitative estimate of drug-likeness (QED) is 0.455. The first-order valence-electron chi connectivity index (χ1n) is 3.39. The van der Waals surface area contributed by atoms with E-state index in [4.69, 9.17) is 4.74 Å². The minimum Gasteiger partial charge on any atom is -0.463 e. The van der Waals surface area contributed by atoms with Crippen LogP contribution in [-0.2, 0) is 9.53 Å². The molecule has 0 spiro atoms. The van der Waals surface area contributed by atoms with E-state index in [2.05, 4.69) is 13.8 Å². The molecule has 0 aromatic carbocycles. The van der Waals surface area contributed by atoms with Crippen molar-refractivity contribution in [2.24, 2.45) is 0 Å². The molecule has 0 saturated carbocycles. The summed E-state index contributed by atoms with van der Waals surface area (Å²) in [6.45, 7) is 5.02. The number of hydrogen-bond donors (Lipinski definition) is 0. The Balaban J connectivity index is 2.60.